The van der Waals surface area contributed by atoms with Gasteiger partial charge in [-0.1, -0.05) is 0 Å². The summed E-state index contributed by atoms with van der Waals surface area (Å²) in [6.07, 6.45) is 1.36. The van der Waals surface area contributed by atoms with E-state index in [-0.39, 0.29) is 0 Å². The van der Waals surface area contributed by atoms with E-state index >= 15 is 0 Å². The average molecular weight is 105 g/mol. The van der Waals surface area contributed by atoms with Gasteiger partial charge in [-0.2, -0.15) is 0 Å². The summed E-state index contributed by atoms with van der Waals surface area (Å²) in [5, 5.41) is 0. The second-order valence-electron chi connectivity index (χ2n) is 0.699. The van der Waals surface area contributed by atoms with Crippen molar-refractivity contribution in [1.82, 2.24) is 0 Å². The van der Waals surface area contributed by atoms with Gasteiger partial charge in [0.15, 0.2) is 13.1 Å². The van der Waals surface area contributed by atoms with E-state index in [0.29, 0.717) is 6.73 Å². The Morgan fingerprint density at radius 2 is 2.83 bits per heavy atom. The third kappa shape index (κ3) is 0.874. The van der Waals surface area contributed by atoms with Crippen LogP contribution in [0.25, 0.3) is 0 Å². The summed E-state index contributed by atoms with van der Waals surface area (Å²) in [6.45, 7) is 0.407. The Labute approximate surface area is 39.8 Å². The molecule has 0 amide bonds. The van der Waals surface area contributed by atoms with Gasteiger partial charge in [-0.3, -0.25) is 4.18 Å². The number of hydrogen-bond acceptors (Lipinski definition) is 4. The van der Waals surface area contributed by atoms with E-state index in [0.717, 1.165) is 12.3 Å². The first-order valence-corrected chi connectivity index (χ1v) is 2.10. The van der Waals surface area contributed by atoms with Crippen LogP contribution in [0.2, 0.25) is 0 Å². The van der Waals surface area contributed by atoms with Crippen molar-refractivity contribution in [2.75, 3.05) is 6.73 Å². The minimum atomic E-state index is 0.407. The monoisotopic (exact) mass is 105 g/mol. The standard InChI is InChI=1S/C2H3NO2S/c1-3-2-5-6-4-1/h1H,2H2. The van der Waals surface area contributed by atoms with Crippen LogP contribution in [0, 0.1) is 0 Å². The molecular formula is C2H3NO2S. The molecule has 0 aromatic heterocycles. The molecule has 0 radical (unpaired) electrons. The normalized spacial score (nSPS) is 20.0. The Balaban J connectivity index is 2.26. The lowest BCUT2D eigenvalue weighted by Crippen LogP contribution is -1.90. The van der Waals surface area contributed by atoms with Crippen molar-refractivity contribution in [3.05, 3.63) is 0 Å². The molecule has 0 N–H and O–H groups in total. The van der Waals surface area contributed by atoms with Gasteiger partial charge in [0.1, 0.15) is 0 Å². The average Bonchev–Trinajstić information content (AvgIpc) is 1.72. The molecule has 0 atom stereocenters. The van der Waals surface area contributed by atoms with Crippen LogP contribution >= 0.6 is 12.3 Å². The Morgan fingerprint density at radius 1 is 1.83 bits per heavy atom. The van der Waals surface area contributed by atoms with Crippen LogP contribution in [0.3, 0.4) is 0 Å². The van der Waals surface area contributed by atoms with E-state index in [1.807, 2.05) is 0 Å². The molecule has 0 aliphatic carbocycles. The largest absolute Gasteiger partial charge is 0.388 e. The van der Waals surface area contributed by atoms with Crippen molar-refractivity contribution in [3.63, 3.8) is 0 Å². The number of aliphatic imine (C=N–C) groups is 1. The fourth-order valence-corrected chi connectivity index (χ4v) is 0.414. The molecule has 0 spiro atoms. The van der Waals surface area contributed by atoms with E-state index in [4.69, 9.17) is 0 Å². The zero-order valence-corrected chi connectivity index (χ0v) is 3.77. The molecule has 1 heterocycles. The van der Waals surface area contributed by atoms with Crippen LogP contribution in [0.5, 0.6) is 0 Å². The molecule has 0 aromatic carbocycles. The van der Waals surface area contributed by atoms with Gasteiger partial charge in [0.05, 0.1) is 0 Å². The predicted molar refractivity (Wildman–Crippen MR) is 23.1 cm³/mol. The van der Waals surface area contributed by atoms with Gasteiger partial charge >= 0.3 is 0 Å². The minimum Gasteiger partial charge on any atom is -0.388 e. The summed E-state index contributed by atoms with van der Waals surface area (Å²) >= 11 is 0.946. The molecule has 0 aromatic rings. The first-order chi connectivity index (χ1) is 3.00. The maximum Gasteiger partial charge on any atom is 0.228 e. The summed E-state index contributed by atoms with van der Waals surface area (Å²) in [4.78, 5) is 3.59. The lowest BCUT2D eigenvalue weighted by Gasteiger charge is -1.98. The van der Waals surface area contributed by atoms with Crippen molar-refractivity contribution in [2.24, 2.45) is 4.99 Å². The van der Waals surface area contributed by atoms with E-state index in [1.54, 1.807) is 0 Å². The lowest BCUT2D eigenvalue weighted by molar-refractivity contribution is 0.340. The van der Waals surface area contributed by atoms with Gasteiger partial charge in [0.2, 0.25) is 12.3 Å². The molecule has 6 heavy (non-hydrogen) atoms. The van der Waals surface area contributed by atoms with Crippen LogP contribution in [-0.4, -0.2) is 13.1 Å². The van der Waals surface area contributed by atoms with Crippen molar-refractivity contribution >= 4 is 18.7 Å². The highest BCUT2D eigenvalue weighted by molar-refractivity contribution is 7.90. The van der Waals surface area contributed by atoms with Crippen molar-refractivity contribution in [3.8, 4) is 0 Å². The van der Waals surface area contributed by atoms with Crippen LogP contribution in [0.1, 0.15) is 0 Å². The van der Waals surface area contributed by atoms with Crippen LogP contribution < -0.4 is 0 Å². The Bertz CT molecular complexity index is 56.6. The zero-order chi connectivity index (χ0) is 4.24. The van der Waals surface area contributed by atoms with Gasteiger partial charge in [-0.15, -0.1) is 0 Å². The van der Waals surface area contributed by atoms with E-state index < -0.39 is 0 Å². The van der Waals surface area contributed by atoms with Gasteiger partial charge in [0.25, 0.3) is 0 Å². The van der Waals surface area contributed by atoms with E-state index in [2.05, 4.69) is 13.4 Å². The Hall–Kier alpha value is -0.220. The molecule has 1 rings (SSSR count). The van der Waals surface area contributed by atoms with Crippen molar-refractivity contribution < 1.29 is 8.37 Å². The fraction of sp³-hybridized carbons (Fsp3) is 0.500. The summed E-state index contributed by atoms with van der Waals surface area (Å²) < 4.78 is 9.04. The Morgan fingerprint density at radius 3 is 3.00 bits per heavy atom. The second kappa shape index (κ2) is 2.04. The fourth-order valence-electron chi connectivity index (χ4n) is 0.158. The second-order valence-corrected chi connectivity index (χ2v) is 1.26. The molecule has 3 nitrogen and oxygen atoms in total. The van der Waals surface area contributed by atoms with E-state index in [9.17, 15) is 0 Å². The van der Waals surface area contributed by atoms with Crippen molar-refractivity contribution in [2.45, 2.75) is 0 Å². The van der Waals surface area contributed by atoms with Gasteiger partial charge in [-0.05, 0) is 0 Å². The number of rotatable bonds is 0. The number of hydrogen-bond donors (Lipinski definition) is 0. The molecule has 1 aliphatic rings. The smallest absolute Gasteiger partial charge is 0.228 e. The molecule has 0 unspecified atom stereocenters. The highest BCUT2D eigenvalue weighted by Crippen LogP contribution is 2.04. The summed E-state index contributed by atoms with van der Waals surface area (Å²) in [7, 11) is 0. The molecule has 0 bridgehead atoms. The molecule has 0 saturated carbocycles. The maximum atomic E-state index is 4.57. The third-order valence-corrected chi connectivity index (χ3v) is 0.698. The molecular weight excluding hydrogens is 102 g/mol. The van der Waals surface area contributed by atoms with E-state index in [1.165, 1.54) is 6.40 Å². The van der Waals surface area contributed by atoms with Crippen LogP contribution in [-0.2, 0) is 8.37 Å². The highest BCUT2D eigenvalue weighted by atomic mass is 32.2. The molecule has 1 aliphatic heterocycles. The highest BCUT2D eigenvalue weighted by Gasteiger charge is 1.89. The zero-order valence-electron chi connectivity index (χ0n) is 2.96. The SMILES string of the molecule is C1=NCOSO1. The summed E-state index contributed by atoms with van der Waals surface area (Å²) in [6, 6.07) is 0. The van der Waals surface area contributed by atoms with Crippen LogP contribution in [0.4, 0.5) is 0 Å². The third-order valence-electron chi connectivity index (χ3n) is 0.332. The quantitative estimate of drug-likeness (QED) is 0.422. The summed E-state index contributed by atoms with van der Waals surface area (Å²) in [5.41, 5.74) is 0. The molecule has 0 saturated heterocycles. The first kappa shape index (κ1) is 3.95. The number of nitrogens with zero attached hydrogens (tertiary/aromatic N) is 1. The lowest BCUT2D eigenvalue weighted by atomic mass is 11.3. The van der Waals surface area contributed by atoms with Gasteiger partial charge in [0, 0.05) is 0 Å². The molecule has 0 fully saturated rings. The predicted octanol–water partition coefficient (Wildman–Crippen LogP) is 0.582. The molecule has 34 valence electrons. The van der Waals surface area contributed by atoms with Gasteiger partial charge < -0.3 is 4.18 Å². The first-order valence-electron chi connectivity index (χ1n) is 1.43. The summed E-state index contributed by atoms with van der Waals surface area (Å²) in [5.74, 6) is 0. The van der Waals surface area contributed by atoms with Crippen LogP contribution in [0.15, 0.2) is 4.99 Å². The maximum absolute atomic E-state index is 4.57. The van der Waals surface area contributed by atoms with Crippen molar-refractivity contribution in [1.29, 1.82) is 0 Å². The van der Waals surface area contributed by atoms with Gasteiger partial charge in [-0.25, -0.2) is 4.99 Å². The Kier molecular flexibility index (Phi) is 1.35. The topological polar surface area (TPSA) is 30.8 Å². The molecule has 4 heteroatoms. The minimum absolute atomic E-state index is 0.407.